The van der Waals surface area contributed by atoms with Crippen LogP contribution in [0.4, 0.5) is 24.5 Å². The molecule has 2 aromatic carbocycles. The zero-order valence-corrected chi connectivity index (χ0v) is 11.2. The Hall–Kier alpha value is -2.50. The summed E-state index contributed by atoms with van der Waals surface area (Å²) in [6, 6.07) is 7.19. The highest BCUT2D eigenvalue weighted by Gasteiger charge is 2.06. The van der Waals surface area contributed by atoms with Crippen LogP contribution in [0, 0.1) is 24.4 Å². The molecule has 0 heterocycles. The predicted molar refractivity (Wildman–Crippen MR) is 74.6 cm³/mol. The highest BCUT2D eigenvalue weighted by atomic mass is 19.1. The highest BCUT2D eigenvalue weighted by molar-refractivity contribution is 5.93. The number of nitrogens with one attached hydrogen (secondary N) is 2. The maximum Gasteiger partial charge on any atom is 0.243 e. The van der Waals surface area contributed by atoms with Gasteiger partial charge in [0, 0.05) is 17.4 Å². The van der Waals surface area contributed by atoms with E-state index in [2.05, 4.69) is 10.6 Å². The molecule has 0 saturated carbocycles. The molecule has 0 bridgehead atoms. The largest absolute Gasteiger partial charge is 0.376 e. The SMILES string of the molecule is Cc1ccc(NC(=O)CNc2cc(F)cc(F)c2)cc1F. The van der Waals surface area contributed by atoms with E-state index >= 15 is 0 Å². The zero-order chi connectivity index (χ0) is 15.4. The Morgan fingerprint density at radius 1 is 1.00 bits per heavy atom. The molecule has 0 unspecified atom stereocenters. The molecular weight excluding hydrogens is 281 g/mol. The average Bonchev–Trinajstić information content (AvgIpc) is 2.40. The monoisotopic (exact) mass is 294 g/mol. The summed E-state index contributed by atoms with van der Waals surface area (Å²) in [6.45, 7) is 1.42. The fraction of sp³-hybridized carbons (Fsp3) is 0.133. The number of rotatable bonds is 4. The predicted octanol–water partition coefficient (Wildman–Crippen LogP) is 3.46. The van der Waals surface area contributed by atoms with Crippen LogP contribution in [0.3, 0.4) is 0 Å². The van der Waals surface area contributed by atoms with E-state index < -0.39 is 23.4 Å². The maximum absolute atomic E-state index is 13.3. The summed E-state index contributed by atoms with van der Waals surface area (Å²) < 4.78 is 39.2. The first-order chi connectivity index (χ1) is 9.94. The van der Waals surface area contributed by atoms with Gasteiger partial charge >= 0.3 is 0 Å². The molecule has 3 nitrogen and oxygen atoms in total. The number of benzene rings is 2. The van der Waals surface area contributed by atoms with Crippen LogP contribution in [0.25, 0.3) is 0 Å². The lowest BCUT2D eigenvalue weighted by molar-refractivity contribution is -0.114. The van der Waals surface area contributed by atoms with Gasteiger partial charge < -0.3 is 10.6 Å². The minimum Gasteiger partial charge on any atom is -0.376 e. The van der Waals surface area contributed by atoms with E-state index in [0.29, 0.717) is 11.3 Å². The summed E-state index contributed by atoms with van der Waals surface area (Å²) in [7, 11) is 0. The van der Waals surface area contributed by atoms with Gasteiger partial charge in [0.05, 0.1) is 6.54 Å². The zero-order valence-electron chi connectivity index (χ0n) is 11.2. The lowest BCUT2D eigenvalue weighted by atomic mass is 10.2. The lowest BCUT2D eigenvalue weighted by Crippen LogP contribution is -2.21. The topological polar surface area (TPSA) is 41.1 Å². The van der Waals surface area contributed by atoms with Gasteiger partial charge in [-0.3, -0.25) is 4.79 Å². The lowest BCUT2D eigenvalue weighted by Gasteiger charge is -2.09. The van der Waals surface area contributed by atoms with E-state index in [-0.39, 0.29) is 12.2 Å². The minimum atomic E-state index is -0.737. The summed E-state index contributed by atoms with van der Waals surface area (Å²) in [5, 5.41) is 5.07. The van der Waals surface area contributed by atoms with E-state index in [9.17, 15) is 18.0 Å². The van der Waals surface area contributed by atoms with Gasteiger partial charge in [0.2, 0.25) is 5.91 Å². The summed E-state index contributed by atoms with van der Waals surface area (Å²) in [5.74, 6) is -2.35. The Morgan fingerprint density at radius 2 is 1.67 bits per heavy atom. The Balaban J connectivity index is 1.94. The summed E-state index contributed by atoms with van der Waals surface area (Å²) >= 11 is 0. The molecule has 0 aliphatic heterocycles. The van der Waals surface area contributed by atoms with Gasteiger partial charge in [-0.15, -0.1) is 0 Å². The second kappa shape index (κ2) is 6.30. The van der Waals surface area contributed by atoms with Gasteiger partial charge in [-0.1, -0.05) is 6.07 Å². The van der Waals surface area contributed by atoms with Crippen molar-refractivity contribution in [1.29, 1.82) is 0 Å². The molecule has 6 heteroatoms. The normalized spacial score (nSPS) is 10.3. The van der Waals surface area contributed by atoms with E-state index in [1.165, 1.54) is 6.07 Å². The molecule has 0 aliphatic rings. The van der Waals surface area contributed by atoms with Gasteiger partial charge in [-0.2, -0.15) is 0 Å². The molecule has 0 radical (unpaired) electrons. The van der Waals surface area contributed by atoms with Crippen molar-refractivity contribution < 1.29 is 18.0 Å². The molecule has 2 N–H and O–H groups in total. The van der Waals surface area contributed by atoms with Crippen molar-refractivity contribution in [2.75, 3.05) is 17.2 Å². The van der Waals surface area contributed by atoms with Crippen molar-refractivity contribution in [1.82, 2.24) is 0 Å². The number of aryl methyl sites for hydroxylation is 1. The molecule has 110 valence electrons. The molecule has 0 fully saturated rings. The molecule has 0 atom stereocenters. The number of hydrogen-bond acceptors (Lipinski definition) is 2. The van der Waals surface area contributed by atoms with Crippen LogP contribution in [0.15, 0.2) is 36.4 Å². The van der Waals surface area contributed by atoms with Crippen molar-refractivity contribution in [3.8, 4) is 0 Å². The van der Waals surface area contributed by atoms with E-state index in [0.717, 1.165) is 18.2 Å². The second-order valence-corrected chi connectivity index (χ2v) is 4.52. The quantitative estimate of drug-likeness (QED) is 0.906. The molecule has 21 heavy (non-hydrogen) atoms. The molecule has 0 aromatic heterocycles. The van der Waals surface area contributed by atoms with E-state index in [1.807, 2.05) is 0 Å². The first-order valence-corrected chi connectivity index (χ1v) is 6.20. The van der Waals surface area contributed by atoms with Crippen LogP contribution in [0.5, 0.6) is 0 Å². The van der Waals surface area contributed by atoms with Crippen LogP contribution in [-0.2, 0) is 4.79 Å². The summed E-state index contributed by atoms with van der Waals surface area (Å²) in [6.07, 6.45) is 0. The smallest absolute Gasteiger partial charge is 0.243 e. The first-order valence-electron chi connectivity index (χ1n) is 6.20. The van der Waals surface area contributed by atoms with Gasteiger partial charge in [0.1, 0.15) is 17.5 Å². The van der Waals surface area contributed by atoms with Crippen molar-refractivity contribution >= 4 is 17.3 Å². The van der Waals surface area contributed by atoms with Gasteiger partial charge in [0.15, 0.2) is 0 Å². The minimum absolute atomic E-state index is 0.151. The fourth-order valence-corrected chi connectivity index (χ4v) is 1.71. The molecule has 0 saturated heterocycles. The molecular formula is C15H13F3N2O. The van der Waals surface area contributed by atoms with Crippen LogP contribution < -0.4 is 10.6 Å². The third-order valence-corrected chi connectivity index (χ3v) is 2.77. The van der Waals surface area contributed by atoms with Crippen molar-refractivity contribution in [2.24, 2.45) is 0 Å². The number of carbonyl (C=O) groups excluding carboxylic acids is 1. The van der Waals surface area contributed by atoms with E-state index in [1.54, 1.807) is 19.1 Å². The number of amides is 1. The van der Waals surface area contributed by atoms with Crippen LogP contribution in [0.1, 0.15) is 5.56 Å². The van der Waals surface area contributed by atoms with Crippen molar-refractivity contribution in [2.45, 2.75) is 6.92 Å². The van der Waals surface area contributed by atoms with Crippen LogP contribution in [0.2, 0.25) is 0 Å². The molecule has 0 spiro atoms. The second-order valence-electron chi connectivity index (χ2n) is 4.52. The fourth-order valence-electron chi connectivity index (χ4n) is 1.71. The van der Waals surface area contributed by atoms with Gasteiger partial charge in [0.25, 0.3) is 0 Å². The van der Waals surface area contributed by atoms with E-state index in [4.69, 9.17) is 0 Å². The van der Waals surface area contributed by atoms with Gasteiger partial charge in [-0.05, 0) is 36.8 Å². The Morgan fingerprint density at radius 3 is 2.29 bits per heavy atom. The first kappa shape index (κ1) is 14.9. The molecule has 1 amide bonds. The standard InChI is InChI=1S/C15H13F3N2O/c1-9-2-3-12(7-14(9)18)20-15(21)8-19-13-5-10(16)4-11(17)6-13/h2-7,19H,8H2,1H3,(H,20,21). The van der Waals surface area contributed by atoms with Crippen molar-refractivity contribution in [3.05, 3.63) is 59.4 Å². The Labute approximate surface area is 119 Å². The number of hydrogen-bond donors (Lipinski definition) is 2. The van der Waals surface area contributed by atoms with Crippen LogP contribution in [-0.4, -0.2) is 12.5 Å². The third kappa shape index (κ3) is 4.24. The molecule has 2 aromatic rings. The molecule has 0 aliphatic carbocycles. The number of anilines is 2. The Kier molecular flexibility index (Phi) is 4.47. The number of halogens is 3. The molecule has 2 rings (SSSR count). The van der Waals surface area contributed by atoms with Crippen molar-refractivity contribution in [3.63, 3.8) is 0 Å². The summed E-state index contributed by atoms with van der Waals surface area (Å²) in [5.41, 5.74) is 0.939. The summed E-state index contributed by atoms with van der Waals surface area (Å²) in [4.78, 5) is 11.7. The van der Waals surface area contributed by atoms with Gasteiger partial charge in [-0.25, -0.2) is 13.2 Å². The third-order valence-electron chi connectivity index (χ3n) is 2.77. The maximum atomic E-state index is 13.3. The number of carbonyl (C=O) groups is 1. The van der Waals surface area contributed by atoms with Crippen LogP contribution >= 0.6 is 0 Å². The Bertz CT molecular complexity index is 654. The average molecular weight is 294 g/mol. The highest BCUT2D eigenvalue weighted by Crippen LogP contribution is 2.14.